The van der Waals surface area contributed by atoms with E-state index in [1.54, 1.807) is 0 Å². The Morgan fingerprint density at radius 2 is 2.06 bits per heavy atom. The van der Waals surface area contributed by atoms with Gasteiger partial charge in [0.1, 0.15) is 0 Å². The quantitative estimate of drug-likeness (QED) is 0.883. The summed E-state index contributed by atoms with van der Waals surface area (Å²) in [5.74, 6) is 0.554. The van der Waals surface area contributed by atoms with E-state index in [1.807, 2.05) is 37.3 Å². The minimum absolute atomic E-state index is 0.0103. The molecule has 1 fully saturated rings. The fourth-order valence-corrected chi connectivity index (χ4v) is 3.18. The number of hydrogen-bond donors (Lipinski definition) is 1. The third-order valence-corrected chi connectivity index (χ3v) is 4.38. The van der Waals surface area contributed by atoms with Crippen LogP contribution in [0.3, 0.4) is 0 Å². The molecule has 4 atom stereocenters. The fraction of sp³-hybridized carbons (Fsp3) is 0.562. The molecule has 0 amide bonds. The average molecular weight is 243 g/mol. The van der Waals surface area contributed by atoms with Crippen LogP contribution in [0.15, 0.2) is 30.3 Å². The first-order chi connectivity index (χ1) is 8.59. The summed E-state index contributed by atoms with van der Waals surface area (Å²) in [7, 11) is 0. The second kappa shape index (κ2) is 5.12. The van der Waals surface area contributed by atoms with Crippen LogP contribution >= 0.6 is 0 Å². The van der Waals surface area contributed by atoms with E-state index in [4.69, 9.17) is 0 Å². The molecule has 0 radical (unpaired) electrons. The number of aliphatic hydroxyl groups is 1. The SMILES string of the molecule is CC1CCC(C#N)(C(O)C(C)c2ccccc2)C1. The molecule has 0 aromatic heterocycles. The van der Waals surface area contributed by atoms with Crippen molar-refractivity contribution in [2.24, 2.45) is 11.3 Å². The molecule has 0 bridgehead atoms. The van der Waals surface area contributed by atoms with Crippen LogP contribution in [-0.4, -0.2) is 11.2 Å². The van der Waals surface area contributed by atoms with E-state index in [0.29, 0.717) is 5.92 Å². The molecule has 2 nitrogen and oxygen atoms in total. The summed E-state index contributed by atoms with van der Waals surface area (Å²) in [6.07, 6.45) is 2.12. The van der Waals surface area contributed by atoms with Gasteiger partial charge in [-0.1, -0.05) is 44.2 Å². The normalized spacial score (nSPS) is 30.7. The van der Waals surface area contributed by atoms with Gasteiger partial charge in [-0.25, -0.2) is 0 Å². The van der Waals surface area contributed by atoms with Gasteiger partial charge < -0.3 is 5.11 Å². The van der Waals surface area contributed by atoms with Crippen molar-refractivity contribution in [3.63, 3.8) is 0 Å². The summed E-state index contributed by atoms with van der Waals surface area (Å²) < 4.78 is 0. The van der Waals surface area contributed by atoms with Crippen LogP contribution in [0.1, 0.15) is 44.6 Å². The lowest BCUT2D eigenvalue weighted by Gasteiger charge is -2.32. The zero-order valence-corrected chi connectivity index (χ0v) is 11.1. The minimum Gasteiger partial charge on any atom is -0.391 e. The van der Waals surface area contributed by atoms with Crippen molar-refractivity contribution in [1.82, 2.24) is 0 Å². The lowest BCUT2D eigenvalue weighted by atomic mass is 9.74. The Morgan fingerprint density at radius 1 is 1.39 bits per heavy atom. The molecule has 4 unspecified atom stereocenters. The number of rotatable bonds is 3. The Kier molecular flexibility index (Phi) is 3.73. The molecule has 96 valence electrons. The Morgan fingerprint density at radius 3 is 2.56 bits per heavy atom. The van der Waals surface area contributed by atoms with E-state index in [1.165, 1.54) is 0 Å². The molecule has 1 aromatic rings. The Labute approximate surface area is 109 Å². The summed E-state index contributed by atoms with van der Waals surface area (Å²) in [6, 6.07) is 12.4. The maximum Gasteiger partial charge on any atom is 0.0840 e. The monoisotopic (exact) mass is 243 g/mol. The van der Waals surface area contributed by atoms with Crippen molar-refractivity contribution >= 4 is 0 Å². The van der Waals surface area contributed by atoms with Gasteiger partial charge in [0.25, 0.3) is 0 Å². The molecule has 1 saturated carbocycles. The van der Waals surface area contributed by atoms with Crippen LogP contribution in [0.25, 0.3) is 0 Å². The molecule has 1 N–H and O–H groups in total. The topological polar surface area (TPSA) is 44.0 Å². The molecule has 1 aliphatic carbocycles. The highest BCUT2D eigenvalue weighted by molar-refractivity contribution is 5.23. The highest BCUT2D eigenvalue weighted by atomic mass is 16.3. The molecular formula is C16H21NO. The molecule has 1 aromatic carbocycles. The third-order valence-electron chi connectivity index (χ3n) is 4.38. The van der Waals surface area contributed by atoms with Crippen molar-refractivity contribution < 1.29 is 5.11 Å². The molecule has 18 heavy (non-hydrogen) atoms. The van der Waals surface area contributed by atoms with Gasteiger partial charge in [0.2, 0.25) is 0 Å². The summed E-state index contributed by atoms with van der Waals surface area (Å²) in [5.41, 5.74) is 0.563. The summed E-state index contributed by atoms with van der Waals surface area (Å²) in [5, 5.41) is 20.1. The molecule has 1 aliphatic rings. The van der Waals surface area contributed by atoms with Crippen LogP contribution in [0.5, 0.6) is 0 Å². The van der Waals surface area contributed by atoms with E-state index < -0.39 is 11.5 Å². The first-order valence-electron chi connectivity index (χ1n) is 6.73. The average Bonchev–Trinajstić information content (AvgIpc) is 2.81. The standard InChI is InChI=1S/C16H21NO/c1-12-8-9-16(10-12,11-17)15(18)13(2)14-6-4-3-5-7-14/h3-7,12-13,15,18H,8-10H2,1-2H3. The summed E-state index contributed by atoms with van der Waals surface area (Å²) in [6.45, 7) is 4.18. The number of aliphatic hydroxyl groups excluding tert-OH is 1. The molecule has 0 saturated heterocycles. The molecular weight excluding hydrogens is 222 g/mol. The smallest absolute Gasteiger partial charge is 0.0840 e. The molecule has 2 heteroatoms. The Balaban J connectivity index is 2.21. The summed E-state index contributed by atoms with van der Waals surface area (Å²) in [4.78, 5) is 0. The van der Waals surface area contributed by atoms with E-state index in [-0.39, 0.29) is 5.92 Å². The second-order valence-electron chi connectivity index (χ2n) is 5.76. The van der Waals surface area contributed by atoms with Crippen LogP contribution in [-0.2, 0) is 0 Å². The van der Waals surface area contributed by atoms with Gasteiger partial charge >= 0.3 is 0 Å². The van der Waals surface area contributed by atoms with Crippen molar-refractivity contribution in [3.05, 3.63) is 35.9 Å². The molecule has 0 aliphatic heterocycles. The van der Waals surface area contributed by atoms with Crippen molar-refractivity contribution in [3.8, 4) is 6.07 Å². The van der Waals surface area contributed by atoms with Gasteiger partial charge in [-0.2, -0.15) is 5.26 Å². The number of hydrogen-bond acceptors (Lipinski definition) is 2. The zero-order valence-electron chi connectivity index (χ0n) is 11.1. The molecule has 0 heterocycles. The summed E-state index contributed by atoms with van der Waals surface area (Å²) >= 11 is 0. The number of benzene rings is 1. The number of nitriles is 1. The first-order valence-corrected chi connectivity index (χ1v) is 6.73. The Hall–Kier alpha value is -1.33. The zero-order chi connectivity index (χ0) is 13.2. The van der Waals surface area contributed by atoms with Gasteiger partial charge in [-0.3, -0.25) is 0 Å². The van der Waals surface area contributed by atoms with Gasteiger partial charge in [-0.15, -0.1) is 0 Å². The lowest BCUT2D eigenvalue weighted by molar-refractivity contribution is 0.0456. The van der Waals surface area contributed by atoms with Gasteiger partial charge in [0.05, 0.1) is 17.6 Å². The highest BCUT2D eigenvalue weighted by Gasteiger charge is 2.46. The van der Waals surface area contributed by atoms with Crippen LogP contribution in [0.2, 0.25) is 0 Å². The maximum absolute atomic E-state index is 10.6. The fourth-order valence-electron chi connectivity index (χ4n) is 3.18. The predicted octanol–water partition coefficient (Wildman–Crippen LogP) is 3.48. The van der Waals surface area contributed by atoms with E-state index in [0.717, 1.165) is 24.8 Å². The second-order valence-corrected chi connectivity index (χ2v) is 5.76. The lowest BCUT2D eigenvalue weighted by Crippen LogP contribution is -2.35. The van der Waals surface area contributed by atoms with Crippen LogP contribution < -0.4 is 0 Å². The Bertz CT molecular complexity index is 436. The largest absolute Gasteiger partial charge is 0.391 e. The minimum atomic E-state index is -0.574. The van der Waals surface area contributed by atoms with E-state index in [2.05, 4.69) is 13.0 Å². The van der Waals surface area contributed by atoms with Crippen molar-refractivity contribution in [2.75, 3.05) is 0 Å². The van der Waals surface area contributed by atoms with Crippen molar-refractivity contribution in [2.45, 2.75) is 45.1 Å². The molecule has 2 rings (SSSR count). The van der Waals surface area contributed by atoms with Crippen molar-refractivity contribution in [1.29, 1.82) is 5.26 Å². The maximum atomic E-state index is 10.6. The van der Waals surface area contributed by atoms with Crippen LogP contribution in [0.4, 0.5) is 0 Å². The van der Waals surface area contributed by atoms with Gasteiger partial charge in [0, 0.05) is 5.92 Å². The van der Waals surface area contributed by atoms with Crippen LogP contribution in [0, 0.1) is 22.7 Å². The van der Waals surface area contributed by atoms with E-state index in [9.17, 15) is 10.4 Å². The van der Waals surface area contributed by atoms with Gasteiger partial charge in [-0.05, 0) is 30.7 Å². The number of nitrogens with zero attached hydrogens (tertiary/aromatic N) is 1. The first kappa shape index (κ1) is 13.1. The van der Waals surface area contributed by atoms with E-state index >= 15 is 0 Å². The third kappa shape index (κ3) is 2.28. The van der Waals surface area contributed by atoms with Gasteiger partial charge in [0.15, 0.2) is 0 Å². The molecule has 0 spiro atoms. The predicted molar refractivity (Wildman–Crippen MR) is 71.9 cm³/mol. The highest BCUT2D eigenvalue weighted by Crippen LogP contribution is 2.47.